The zero-order valence-electron chi connectivity index (χ0n) is 27.8. The average molecular weight is 695 g/mol. The molecule has 1 aromatic carbocycles. The summed E-state index contributed by atoms with van der Waals surface area (Å²) >= 11 is 4.47. The second-order valence-electron chi connectivity index (χ2n) is 11.3. The van der Waals surface area contributed by atoms with Crippen molar-refractivity contribution in [1.29, 1.82) is 0 Å². The van der Waals surface area contributed by atoms with E-state index in [2.05, 4.69) is 38.1 Å². The Balaban J connectivity index is 1.40. The van der Waals surface area contributed by atoms with Crippen LogP contribution in [0.25, 0.3) is 11.0 Å². The van der Waals surface area contributed by atoms with Crippen molar-refractivity contribution in [3.05, 3.63) is 65.0 Å². The normalized spacial score (nSPS) is 14.4. The Labute approximate surface area is 289 Å². The fraction of sp³-hybridized carbons (Fsp3) is 0.424. The number of amides is 2. The van der Waals surface area contributed by atoms with Crippen LogP contribution in [0.2, 0.25) is 0 Å². The summed E-state index contributed by atoms with van der Waals surface area (Å²) in [7, 11) is 1.40. The van der Waals surface area contributed by atoms with Crippen molar-refractivity contribution in [3.63, 3.8) is 0 Å². The van der Waals surface area contributed by atoms with Gasteiger partial charge < -0.3 is 39.4 Å². The highest BCUT2D eigenvalue weighted by atomic mass is 32.1. The Morgan fingerprint density at radius 2 is 2.00 bits per heavy atom. The molecule has 2 amide bonds. The van der Waals surface area contributed by atoms with E-state index in [-0.39, 0.29) is 23.8 Å². The first kappa shape index (κ1) is 35.8. The van der Waals surface area contributed by atoms with Crippen LogP contribution in [0.5, 0.6) is 5.75 Å². The number of aryl methyl sites for hydroxylation is 2. The van der Waals surface area contributed by atoms with Crippen molar-refractivity contribution in [3.8, 4) is 5.75 Å². The lowest BCUT2D eigenvalue weighted by Crippen LogP contribution is -2.37. The van der Waals surface area contributed by atoms with Crippen molar-refractivity contribution in [1.82, 2.24) is 24.4 Å². The van der Waals surface area contributed by atoms with E-state index in [1.165, 1.54) is 13.3 Å². The molecule has 262 valence electrons. The fourth-order valence-electron chi connectivity index (χ4n) is 5.39. The zero-order chi connectivity index (χ0) is 34.9. The van der Waals surface area contributed by atoms with Crippen molar-refractivity contribution in [2.75, 3.05) is 63.7 Å². The molecule has 5 N–H and O–H groups in total. The first-order valence-electron chi connectivity index (χ1n) is 16.0. The molecular formula is C33H42N8O7S. The van der Waals surface area contributed by atoms with Crippen LogP contribution in [0, 0.1) is 6.92 Å². The maximum absolute atomic E-state index is 13.4. The molecule has 5 rings (SSSR count). The molecule has 0 aliphatic carbocycles. The number of aliphatic hydroxyl groups excluding tert-OH is 1. The maximum atomic E-state index is 13.4. The summed E-state index contributed by atoms with van der Waals surface area (Å²) in [5.74, 6) is 0.528. The zero-order valence-corrected chi connectivity index (χ0v) is 28.7. The topological polar surface area (TPSA) is 192 Å². The molecule has 1 saturated heterocycles. The third kappa shape index (κ3) is 8.96. The van der Waals surface area contributed by atoms with Crippen LogP contribution >= 0.6 is 12.6 Å². The van der Waals surface area contributed by atoms with E-state index in [9.17, 15) is 14.7 Å². The molecule has 15 nitrogen and oxygen atoms in total. The number of carbonyl (C=O) groups excluding carboxylic acids is 2. The number of rotatable bonds is 16. The number of imidazole rings is 1. The summed E-state index contributed by atoms with van der Waals surface area (Å²) in [6.07, 6.45) is 5.46. The number of fused-ring (bicyclic) bond motifs is 1. The number of nitrogens with one attached hydrogen (secondary N) is 2. The monoisotopic (exact) mass is 694 g/mol. The van der Waals surface area contributed by atoms with Gasteiger partial charge in [0.15, 0.2) is 12.2 Å². The van der Waals surface area contributed by atoms with Gasteiger partial charge in [0, 0.05) is 69.0 Å². The summed E-state index contributed by atoms with van der Waals surface area (Å²) in [4.78, 5) is 41.9. The number of aliphatic hydroxyl groups is 1. The molecule has 1 aliphatic heterocycles. The van der Waals surface area contributed by atoms with E-state index in [1.54, 1.807) is 29.7 Å². The van der Waals surface area contributed by atoms with E-state index in [0.717, 1.165) is 26.1 Å². The van der Waals surface area contributed by atoms with E-state index < -0.39 is 18.1 Å². The number of ether oxygens (including phenoxy) is 3. The predicted octanol–water partition coefficient (Wildman–Crippen LogP) is 3.34. The molecule has 3 aromatic heterocycles. The highest BCUT2D eigenvalue weighted by Gasteiger charge is 2.23. The Morgan fingerprint density at radius 3 is 2.71 bits per heavy atom. The molecular weight excluding hydrogens is 652 g/mol. The van der Waals surface area contributed by atoms with Crippen molar-refractivity contribution >= 4 is 47.2 Å². The number of nitrogens with two attached hydrogens (primary N) is 1. The van der Waals surface area contributed by atoms with Crippen LogP contribution in [-0.4, -0.2) is 94.4 Å². The molecule has 1 aliphatic rings. The van der Waals surface area contributed by atoms with Gasteiger partial charge in [-0.3, -0.25) is 19.8 Å². The van der Waals surface area contributed by atoms with Gasteiger partial charge in [-0.1, -0.05) is 19.1 Å². The number of oxazole rings is 1. The van der Waals surface area contributed by atoms with Crippen LogP contribution in [0.15, 0.2) is 45.9 Å². The molecule has 1 fully saturated rings. The number of aromatic nitrogens is 4. The maximum Gasteiger partial charge on any atom is 0.295 e. The number of hydrogen-bond donors (Lipinski definition) is 5. The number of primary amides is 1. The molecule has 49 heavy (non-hydrogen) atoms. The van der Waals surface area contributed by atoms with Crippen molar-refractivity contribution in [2.24, 2.45) is 5.73 Å². The van der Waals surface area contributed by atoms with Crippen LogP contribution < -0.4 is 21.1 Å². The highest BCUT2D eigenvalue weighted by molar-refractivity contribution is 7.80. The lowest BCUT2D eigenvalue weighted by molar-refractivity contribution is -0.0772. The number of pyridine rings is 1. The predicted molar refractivity (Wildman–Crippen MR) is 185 cm³/mol. The van der Waals surface area contributed by atoms with Gasteiger partial charge in [-0.05, 0) is 31.0 Å². The molecule has 0 bridgehead atoms. The first-order chi connectivity index (χ1) is 23.7. The number of methoxy groups -OCH3 is 1. The average Bonchev–Trinajstić information content (AvgIpc) is 3.66. The third-order valence-corrected chi connectivity index (χ3v) is 8.22. The fourth-order valence-corrected chi connectivity index (χ4v) is 5.68. The quantitative estimate of drug-likeness (QED) is 0.0498. The second kappa shape index (κ2) is 16.8. The van der Waals surface area contributed by atoms with Crippen LogP contribution in [0.1, 0.15) is 57.7 Å². The Hall–Kier alpha value is -4.48. The Morgan fingerprint density at radius 1 is 1.20 bits per heavy atom. The van der Waals surface area contributed by atoms with Crippen LogP contribution in [0.3, 0.4) is 0 Å². The molecule has 1 unspecified atom stereocenters. The van der Waals surface area contributed by atoms with Gasteiger partial charge in [-0.2, -0.15) is 0 Å². The van der Waals surface area contributed by atoms with Gasteiger partial charge in [0.1, 0.15) is 17.1 Å². The number of thiol groups is 1. The van der Waals surface area contributed by atoms with Crippen molar-refractivity contribution < 1.29 is 33.3 Å². The molecule has 16 heteroatoms. The second-order valence-corrected chi connectivity index (χ2v) is 11.8. The van der Waals surface area contributed by atoms with E-state index in [0.29, 0.717) is 77.4 Å². The minimum atomic E-state index is -1.09. The van der Waals surface area contributed by atoms with Gasteiger partial charge in [0.05, 0.1) is 31.0 Å². The molecule has 0 radical (unpaired) electrons. The van der Waals surface area contributed by atoms with E-state index in [1.807, 2.05) is 19.1 Å². The highest BCUT2D eigenvalue weighted by Crippen LogP contribution is 2.32. The lowest BCUT2D eigenvalue weighted by Gasteiger charge is -2.26. The minimum Gasteiger partial charge on any atom is -0.491 e. The number of carbonyl (C=O) groups is 2. The number of nitrogens with zero attached hydrogens (tertiary/aromatic N) is 5. The van der Waals surface area contributed by atoms with Crippen LogP contribution in [-0.2, 0) is 22.4 Å². The molecule has 0 saturated carbocycles. The summed E-state index contributed by atoms with van der Waals surface area (Å²) in [6.45, 7) is 8.64. The summed E-state index contributed by atoms with van der Waals surface area (Å²) in [5.41, 5.74) is 7.94. The molecule has 1 atom stereocenters. The molecule has 4 heterocycles. The number of benzene rings is 1. The Kier molecular flexibility index (Phi) is 12.2. The minimum absolute atomic E-state index is 0.106. The van der Waals surface area contributed by atoms with Gasteiger partial charge in [0.25, 0.3) is 5.91 Å². The van der Waals surface area contributed by atoms with Gasteiger partial charge in [-0.15, -0.1) is 12.6 Å². The third-order valence-electron chi connectivity index (χ3n) is 7.88. The van der Waals surface area contributed by atoms with E-state index in [4.69, 9.17) is 29.3 Å². The molecule has 4 aromatic rings. The van der Waals surface area contributed by atoms with Gasteiger partial charge in [0.2, 0.25) is 17.6 Å². The number of hydrogen-bond acceptors (Lipinski definition) is 13. The number of morpholine rings is 1. The number of anilines is 2. The van der Waals surface area contributed by atoms with Crippen molar-refractivity contribution in [2.45, 2.75) is 44.4 Å². The largest absolute Gasteiger partial charge is 0.491 e. The summed E-state index contributed by atoms with van der Waals surface area (Å²) < 4.78 is 24.1. The smallest absolute Gasteiger partial charge is 0.295 e. The first-order valence-corrected chi connectivity index (χ1v) is 16.5. The van der Waals surface area contributed by atoms with Gasteiger partial charge in [-0.25, -0.2) is 15.0 Å². The molecule has 0 spiro atoms. The number of allylic oxidation sites excluding steroid dienone is 1. The SMILES string of the molecule is CCc1nc(C)oc1C(=O)Nc1nc2cc(C(N)=O)cc(OCCCN3CCOCC3)c2n1C/C=C/CNc1ncc(C(O)OC)cc1S. The summed E-state index contributed by atoms with van der Waals surface area (Å²) in [6, 6.07) is 4.86. The van der Waals surface area contributed by atoms with Crippen LogP contribution in [0.4, 0.5) is 11.8 Å². The van der Waals surface area contributed by atoms with E-state index >= 15 is 0 Å². The Bertz CT molecular complexity index is 1800. The summed E-state index contributed by atoms with van der Waals surface area (Å²) in [5, 5.41) is 16.0. The lowest BCUT2D eigenvalue weighted by atomic mass is 10.1. The standard InChI is InChI=1S/C33H42N8O7S/c1-4-23-28(48-20(2)37-23)31(43)39-33-38-24-16-21(29(34)42)17-25(47-13-7-9-40-11-14-46-15-12-40)27(24)41(33)10-6-5-8-35-30-26(49)18-22(19-36-30)32(44)45-3/h5-6,16-19,32,44,49H,4,7-15H2,1-3H3,(H2,34,42)(H,35,36)(H,38,39,43)/b6-5+. The van der Waals surface area contributed by atoms with Gasteiger partial charge >= 0.3 is 0 Å².